The van der Waals surface area contributed by atoms with Crippen LogP contribution in [0.25, 0.3) is 5.65 Å². The summed E-state index contributed by atoms with van der Waals surface area (Å²) in [6, 6.07) is 11.8. The van der Waals surface area contributed by atoms with Crippen molar-refractivity contribution in [3.8, 4) is 5.75 Å². The topological polar surface area (TPSA) is 51.5 Å². The van der Waals surface area contributed by atoms with Gasteiger partial charge in [-0.1, -0.05) is 12.1 Å². The molecule has 0 saturated heterocycles. The van der Waals surface area contributed by atoms with Crippen molar-refractivity contribution >= 4 is 11.5 Å². The van der Waals surface area contributed by atoms with E-state index in [9.17, 15) is 0 Å². The SMILES string of the molecule is CCOc1cccc(CNc2ccn3nccc3n2)c1. The molecule has 0 aliphatic rings. The second-order valence-corrected chi connectivity index (χ2v) is 4.38. The van der Waals surface area contributed by atoms with E-state index in [1.807, 2.05) is 43.5 Å². The minimum absolute atomic E-state index is 0.677. The van der Waals surface area contributed by atoms with E-state index in [2.05, 4.69) is 21.5 Å². The summed E-state index contributed by atoms with van der Waals surface area (Å²) in [4.78, 5) is 4.47. The molecular formula is C15H16N4O. The summed E-state index contributed by atoms with van der Waals surface area (Å²) in [7, 11) is 0. The van der Waals surface area contributed by atoms with Gasteiger partial charge in [-0.2, -0.15) is 5.10 Å². The number of ether oxygens (including phenoxy) is 1. The Balaban J connectivity index is 1.70. The van der Waals surface area contributed by atoms with E-state index >= 15 is 0 Å². The average Bonchev–Trinajstić information content (AvgIpc) is 2.93. The molecule has 0 aliphatic carbocycles. The van der Waals surface area contributed by atoms with Crippen LogP contribution in [0.2, 0.25) is 0 Å². The third-order valence-corrected chi connectivity index (χ3v) is 2.94. The molecule has 0 fully saturated rings. The van der Waals surface area contributed by atoms with Gasteiger partial charge in [-0.25, -0.2) is 9.50 Å². The molecule has 0 spiro atoms. The molecule has 2 aromatic heterocycles. The predicted molar refractivity (Wildman–Crippen MR) is 77.9 cm³/mol. The van der Waals surface area contributed by atoms with Crippen molar-refractivity contribution < 1.29 is 4.74 Å². The van der Waals surface area contributed by atoms with Crippen LogP contribution in [0.5, 0.6) is 5.75 Å². The summed E-state index contributed by atoms with van der Waals surface area (Å²) in [5.74, 6) is 1.73. The highest BCUT2D eigenvalue weighted by Gasteiger charge is 2.00. The lowest BCUT2D eigenvalue weighted by molar-refractivity contribution is 0.340. The molecule has 2 heterocycles. The molecule has 5 heteroatoms. The highest BCUT2D eigenvalue weighted by molar-refractivity contribution is 5.45. The number of aromatic nitrogens is 3. The number of nitrogens with one attached hydrogen (secondary N) is 1. The molecule has 1 N–H and O–H groups in total. The van der Waals surface area contributed by atoms with Gasteiger partial charge < -0.3 is 10.1 Å². The molecule has 3 rings (SSSR count). The molecule has 0 unspecified atom stereocenters. The molecule has 0 aliphatic heterocycles. The van der Waals surface area contributed by atoms with E-state index < -0.39 is 0 Å². The largest absolute Gasteiger partial charge is 0.494 e. The van der Waals surface area contributed by atoms with Crippen LogP contribution in [0.3, 0.4) is 0 Å². The molecule has 0 atom stereocenters. The fourth-order valence-corrected chi connectivity index (χ4v) is 2.02. The fourth-order valence-electron chi connectivity index (χ4n) is 2.02. The lowest BCUT2D eigenvalue weighted by atomic mass is 10.2. The standard InChI is InChI=1S/C15H16N4O/c1-2-20-13-5-3-4-12(10-13)11-16-14-7-9-19-15(18-14)6-8-17-19/h3-10H,2,11H2,1H3,(H,16,18). The average molecular weight is 268 g/mol. The zero-order valence-corrected chi connectivity index (χ0v) is 11.3. The maximum absolute atomic E-state index is 5.49. The van der Waals surface area contributed by atoms with Gasteiger partial charge in [0.2, 0.25) is 0 Å². The van der Waals surface area contributed by atoms with Crippen molar-refractivity contribution in [2.24, 2.45) is 0 Å². The van der Waals surface area contributed by atoms with Crippen LogP contribution < -0.4 is 10.1 Å². The summed E-state index contributed by atoms with van der Waals surface area (Å²) in [5, 5.41) is 7.42. The van der Waals surface area contributed by atoms with Gasteiger partial charge in [-0.15, -0.1) is 0 Å². The summed E-state index contributed by atoms with van der Waals surface area (Å²) in [5.41, 5.74) is 1.99. The van der Waals surface area contributed by atoms with Crippen LogP contribution in [0, 0.1) is 0 Å². The first-order chi connectivity index (χ1) is 9.85. The number of benzene rings is 1. The van der Waals surface area contributed by atoms with Crippen molar-refractivity contribution in [2.75, 3.05) is 11.9 Å². The van der Waals surface area contributed by atoms with Crippen LogP contribution in [0.15, 0.2) is 48.8 Å². The van der Waals surface area contributed by atoms with Crippen LogP contribution in [0.1, 0.15) is 12.5 Å². The fraction of sp³-hybridized carbons (Fsp3) is 0.200. The van der Waals surface area contributed by atoms with E-state index in [0.717, 1.165) is 22.8 Å². The second-order valence-electron chi connectivity index (χ2n) is 4.38. The number of anilines is 1. The minimum atomic E-state index is 0.677. The molecule has 5 nitrogen and oxygen atoms in total. The molecule has 0 bridgehead atoms. The Hall–Kier alpha value is -2.56. The van der Waals surface area contributed by atoms with Gasteiger partial charge in [-0.05, 0) is 30.7 Å². The molecule has 0 amide bonds. The summed E-state index contributed by atoms with van der Waals surface area (Å²) >= 11 is 0. The van der Waals surface area contributed by atoms with Crippen LogP contribution in [0.4, 0.5) is 5.82 Å². The van der Waals surface area contributed by atoms with Gasteiger partial charge in [-0.3, -0.25) is 0 Å². The Morgan fingerprint density at radius 3 is 3.10 bits per heavy atom. The number of nitrogens with zero attached hydrogens (tertiary/aromatic N) is 3. The van der Waals surface area contributed by atoms with Gasteiger partial charge in [0.05, 0.1) is 12.8 Å². The van der Waals surface area contributed by atoms with E-state index in [0.29, 0.717) is 13.2 Å². The first-order valence-corrected chi connectivity index (χ1v) is 6.61. The number of fused-ring (bicyclic) bond motifs is 1. The molecule has 20 heavy (non-hydrogen) atoms. The third kappa shape index (κ3) is 2.71. The predicted octanol–water partition coefficient (Wildman–Crippen LogP) is 2.74. The Kier molecular flexibility index (Phi) is 3.50. The van der Waals surface area contributed by atoms with Gasteiger partial charge in [0.1, 0.15) is 11.6 Å². The molecule has 102 valence electrons. The number of rotatable bonds is 5. The molecule has 3 aromatic rings. The normalized spacial score (nSPS) is 10.7. The Bertz CT molecular complexity index is 708. The summed E-state index contributed by atoms with van der Waals surface area (Å²) < 4.78 is 7.23. The van der Waals surface area contributed by atoms with Gasteiger partial charge in [0.15, 0.2) is 5.65 Å². The van der Waals surface area contributed by atoms with Crippen molar-refractivity contribution in [1.82, 2.24) is 14.6 Å². The molecule has 0 radical (unpaired) electrons. The Labute approximate surface area is 117 Å². The lowest BCUT2D eigenvalue weighted by Gasteiger charge is -2.08. The zero-order chi connectivity index (χ0) is 13.8. The summed E-state index contributed by atoms with van der Waals surface area (Å²) in [6.07, 6.45) is 3.62. The maximum Gasteiger partial charge on any atom is 0.157 e. The van der Waals surface area contributed by atoms with Crippen molar-refractivity contribution in [1.29, 1.82) is 0 Å². The van der Waals surface area contributed by atoms with E-state index in [1.54, 1.807) is 10.7 Å². The number of hydrogen-bond acceptors (Lipinski definition) is 4. The van der Waals surface area contributed by atoms with Gasteiger partial charge in [0, 0.05) is 18.8 Å². The van der Waals surface area contributed by atoms with Crippen molar-refractivity contribution in [3.63, 3.8) is 0 Å². The highest BCUT2D eigenvalue weighted by atomic mass is 16.5. The third-order valence-electron chi connectivity index (χ3n) is 2.94. The van der Waals surface area contributed by atoms with Crippen molar-refractivity contribution in [3.05, 3.63) is 54.4 Å². The minimum Gasteiger partial charge on any atom is -0.494 e. The quantitative estimate of drug-likeness (QED) is 0.773. The second kappa shape index (κ2) is 5.61. The van der Waals surface area contributed by atoms with Gasteiger partial charge >= 0.3 is 0 Å². The molecular weight excluding hydrogens is 252 g/mol. The smallest absolute Gasteiger partial charge is 0.157 e. The van der Waals surface area contributed by atoms with Gasteiger partial charge in [0.25, 0.3) is 0 Å². The zero-order valence-electron chi connectivity index (χ0n) is 11.3. The summed E-state index contributed by atoms with van der Waals surface area (Å²) in [6.45, 7) is 3.37. The van der Waals surface area contributed by atoms with E-state index in [-0.39, 0.29) is 0 Å². The van der Waals surface area contributed by atoms with Crippen LogP contribution in [-0.2, 0) is 6.54 Å². The van der Waals surface area contributed by atoms with E-state index in [1.165, 1.54) is 0 Å². The first-order valence-electron chi connectivity index (χ1n) is 6.61. The highest BCUT2D eigenvalue weighted by Crippen LogP contribution is 2.14. The first kappa shape index (κ1) is 12.5. The Morgan fingerprint density at radius 1 is 1.25 bits per heavy atom. The number of hydrogen-bond donors (Lipinski definition) is 1. The van der Waals surface area contributed by atoms with Crippen LogP contribution >= 0.6 is 0 Å². The molecule has 1 aromatic carbocycles. The monoisotopic (exact) mass is 268 g/mol. The van der Waals surface area contributed by atoms with E-state index in [4.69, 9.17) is 4.74 Å². The Morgan fingerprint density at radius 2 is 2.20 bits per heavy atom. The maximum atomic E-state index is 5.49. The van der Waals surface area contributed by atoms with Crippen LogP contribution in [-0.4, -0.2) is 21.2 Å². The lowest BCUT2D eigenvalue weighted by Crippen LogP contribution is -2.03. The molecule has 0 saturated carbocycles. The van der Waals surface area contributed by atoms with Crippen molar-refractivity contribution in [2.45, 2.75) is 13.5 Å².